The Labute approximate surface area is 177 Å². The van der Waals surface area contributed by atoms with Gasteiger partial charge in [-0.25, -0.2) is 8.78 Å². The minimum Gasteiger partial charge on any atom is -0.390 e. The van der Waals surface area contributed by atoms with Crippen LogP contribution in [0, 0.1) is 24.5 Å². The van der Waals surface area contributed by atoms with Crippen LogP contribution >= 0.6 is 0 Å². The number of aliphatic hydroxyl groups is 1. The topological polar surface area (TPSA) is 61.4 Å². The van der Waals surface area contributed by atoms with Crippen molar-refractivity contribution in [3.8, 4) is 0 Å². The lowest BCUT2D eigenvalue weighted by molar-refractivity contribution is -0.120. The van der Waals surface area contributed by atoms with E-state index in [2.05, 4.69) is 42.7 Å². The molecule has 2 unspecified atom stereocenters. The molecule has 0 aliphatic rings. The number of aryl methyl sites for hydroxylation is 1. The SMILES string of the molecule is CC(=O)NC(Cc1cc(F)cc(F)c1)C(O)CNCc1cc(CC(C)C)ccc1C. The lowest BCUT2D eigenvalue weighted by Gasteiger charge is -2.24. The number of aliphatic hydroxyl groups excluding tert-OH is 1. The zero-order valence-corrected chi connectivity index (χ0v) is 18.1. The van der Waals surface area contributed by atoms with Crippen LogP contribution < -0.4 is 10.6 Å². The highest BCUT2D eigenvalue weighted by molar-refractivity contribution is 5.73. The molecule has 0 fully saturated rings. The number of carbonyl (C=O) groups excluding carboxylic acids is 1. The third-order valence-electron chi connectivity index (χ3n) is 4.96. The van der Waals surface area contributed by atoms with E-state index in [4.69, 9.17) is 0 Å². The average Bonchev–Trinajstić information content (AvgIpc) is 2.62. The van der Waals surface area contributed by atoms with Crippen LogP contribution in [-0.2, 0) is 24.2 Å². The number of hydrogen-bond acceptors (Lipinski definition) is 3. The zero-order chi connectivity index (χ0) is 22.3. The standard InChI is InChI=1S/C24H32F2N2O2/c1-15(2)7-18-6-5-16(3)20(8-18)13-27-14-24(30)23(28-17(4)29)11-19-9-21(25)12-22(26)10-19/h5-6,8-10,12,15,23-24,27,30H,7,11,13-14H2,1-4H3,(H,28,29). The van der Waals surface area contributed by atoms with E-state index in [1.807, 2.05) is 6.92 Å². The Morgan fingerprint density at radius 2 is 1.70 bits per heavy atom. The highest BCUT2D eigenvalue weighted by atomic mass is 19.1. The molecule has 2 rings (SSSR count). The second kappa shape index (κ2) is 11.2. The molecule has 0 bridgehead atoms. The summed E-state index contributed by atoms with van der Waals surface area (Å²) in [6.45, 7) is 8.57. The van der Waals surface area contributed by atoms with E-state index in [0.717, 1.165) is 23.6 Å². The van der Waals surface area contributed by atoms with Gasteiger partial charge in [0, 0.05) is 26.1 Å². The van der Waals surface area contributed by atoms with Crippen molar-refractivity contribution in [1.29, 1.82) is 0 Å². The van der Waals surface area contributed by atoms with Gasteiger partial charge in [0.25, 0.3) is 0 Å². The number of benzene rings is 2. The smallest absolute Gasteiger partial charge is 0.217 e. The maximum absolute atomic E-state index is 13.5. The van der Waals surface area contributed by atoms with Crippen LogP contribution in [0.2, 0.25) is 0 Å². The van der Waals surface area contributed by atoms with Gasteiger partial charge >= 0.3 is 0 Å². The predicted molar refractivity (Wildman–Crippen MR) is 115 cm³/mol. The first-order valence-electron chi connectivity index (χ1n) is 10.3. The van der Waals surface area contributed by atoms with Crippen molar-refractivity contribution in [3.05, 3.63) is 70.3 Å². The highest BCUT2D eigenvalue weighted by Crippen LogP contribution is 2.15. The fourth-order valence-electron chi connectivity index (χ4n) is 3.54. The number of rotatable bonds is 10. The van der Waals surface area contributed by atoms with Gasteiger partial charge < -0.3 is 15.7 Å². The van der Waals surface area contributed by atoms with Crippen molar-refractivity contribution < 1.29 is 18.7 Å². The highest BCUT2D eigenvalue weighted by Gasteiger charge is 2.21. The summed E-state index contributed by atoms with van der Waals surface area (Å²) in [5.41, 5.74) is 3.97. The number of amides is 1. The Bertz CT molecular complexity index is 835. The minimum atomic E-state index is -0.917. The average molecular weight is 419 g/mol. The zero-order valence-electron chi connectivity index (χ0n) is 18.1. The number of carbonyl (C=O) groups is 1. The van der Waals surface area contributed by atoms with Gasteiger partial charge in [-0.2, -0.15) is 0 Å². The summed E-state index contributed by atoms with van der Waals surface area (Å²) in [6, 6.07) is 8.97. The Morgan fingerprint density at radius 1 is 1.03 bits per heavy atom. The molecule has 1 amide bonds. The van der Waals surface area contributed by atoms with Gasteiger partial charge in [0.1, 0.15) is 11.6 Å². The fourth-order valence-corrected chi connectivity index (χ4v) is 3.54. The van der Waals surface area contributed by atoms with E-state index in [-0.39, 0.29) is 18.9 Å². The van der Waals surface area contributed by atoms with Crippen molar-refractivity contribution in [3.63, 3.8) is 0 Å². The molecule has 4 nitrogen and oxygen atoms in total. The van der Waals surface area contributed by atoms with Crippen LogP contribution in [0.4, 0.5) is 8.78 Å². The van der Waals surface area contributed by atoms with E-state index in [1.165, 1.54) is 24.6 Å². The summed E-state index contributed by atoms with van der Waals surface area (Å²) < 4.78 is 27.0. The van der Waals surface area contributed by atoms with Crippen molar-refractivity contribution in [2.45, 2.75) is 59.2 Å². The van der Waals surface area contributed by atoms with Crippen molar-refractivity contribution in [2.24, 2.45) is 5.92 Å². The van der Waals surface area contributed by atoms with Crippen LogP contribution in [0.1, 0.15) is 43.0 Å². The molecular weight excluding hydrogens is 386 g/mol. The van der Waals surface area contributed by atoms with Gasteiger partial charge in [0.2, 0.25) is 5.91 Å². The van der Waals surface area contributed by atoms with Crippen LogP contribution in [0.15, 0.2) is 36.4 Å². The Hall–Kier alpha value is -2.31. The maximum atomic E-state index is 13.5. The molecule has 2 atom stereocenters. The molecular formula is C24H32F2N2O2. The largest absolute Gasteiger partial charge is 0.390 e. The van der Waals surface area contributed by atoms with Gasteiger partial charge in [-0.15, -0.1) is 0 Å². The first-order valence-corrected chi connectivity index (χ1v) is 10.3. The summed E-state index contributed by atoms with van der Waals surface area (Å²) in [4.78, 5) is 11.6. The summed E-state index contributed by atoms with van der Waals surface area (Å²) >= 11 is 0. The van der Waals surface area contributed by atoms with Gasteiger partial charge in [0.05, 0.1) is 12.1 Å². The Morgan fingerprint density at radius 3 is 2.30 bits per heavy atom. The molecule has 0 saturated carbocycles. The summed E-state index contributed by atoms with van der Waals surface area (Å²) in [5.74, 6) is -1.11. The van der Waals surface area contributed by atoms with Gasteiger partial charge in [-0.1, -0.05) is 32.0 Å². The molecule has 0 aliphatic carbocycles. The molecule has 3 N–H and O–H groups in total. The molecule has 0 spiro atoms. The second-order valence-corrected chi connectivity index (χ2v) is 8.35. The number of halogens is 2. The van der Waals surface area contributed by atoms with Crippen LogP contribution in [-0.4, -0.2) is 29.7 Å². The van der Waals surface area contributed by atoms with Crippen LogP contribution in [0.25, 0.3) is 0 Å². The van der Waals surface area contributed by atoms with Crippen LogP contribution in [0.3, 0.4) is 0 Å². The molecule has 30 heavy (non-hydrogen) atoms. The fraction of sp³-hybridized carbons (Fsp3) is 0.458. The Balaban J connectivity index is 2.00. The molecule has 6 heteroatoms. The second-order valence-electron chi connectivity index (χ2n) is 8.35. The molecule has 0 aromatic heterocycles. The van der Waals surface area contributed by atoms with E-state index in [0.29, 0.717) is 18.0 Å². The minimum absolute atomic E-state index is 0.125. The Kier molecular flexibility index (Phi) is 8.93. The number of hydrogen-bond donors (Lipinski definition) is 3. The van der Waals surface area contributed by atoms with E-state index < -0.39 is 23.8 Å². The third kappa shape index (κ3) is 7.84. The molecule has 164 valence electrons. The number of nitrogens with one attached hydrogen (secondary N) is 2. The molecule has 0 saturated heterocycles. The predicted octanol–water partition coefficient (Wildman–Crippen LogP) is 3.67. The first-order chi connectivity index (χ1) is 14.1. The van der Waals surface area contributed by atoms with E-state index >= 15 is 0 Å². The van der Waals surface area contributed by atoms with Crippen molar-refractivity contribution >= 4 is 5.91 Å². The van der Waals surface area contributed by atoms with Crippen molar-refractivity contribution in [1.82, 2.24) is 10.6 Å². The lowest BCUT2D eigenvalue weighted by atomic mass is 9.98. The summed E-state index contributed by atoms with van der Waals surface area (Å²) in [6.07, 6.45) is 0.212. The van der Waals surface area contributed by atoms with Gasteiger partial charge in [-0.05, 0) is 60.1 Å². The normalized spacial score (nSPS) is 13.3. The molecule has 0 heterocycles. The molecule has 2 aromatic rings. The monoisotopic (exact) mass is 418 g/mol. The molecule has 0 radical (unpaired) electrons. The van der Waals surface area contributed by atoms with Crippen molar-refractivity contribution in [2.75, 3.05) is 6.54 Å². The van der Waals surface area contributed by atoms with Gasteiger partial charge in [-0.3, -0.25) is 4.79 Å². The summed E-state index contributed by atoms with van der Waals surface area (Å²) in [5, 5.41) is 16.5. The maximum Gasteiger partial charge on any atom is 0.217 e. The lowest BCUT2D eigenvalue weighted by Crippen LogP contribution is -2.48. The van der Waals surface area contributed by atoms with Crippen LogP contribution in [0.5, 0.6) is 0 Å². The van der Waals surface area contributed by atoms with E-state index in [1.54, 1.807) is 0 Å². The van der Waals surface area contributed by atoms with Gasteiger partial charge in [0.15, 0.2) is 0 Å². The third-order valence-corrected chi connectivity index (χ3v) is 4.96. The molecule has 0 aliphatic heterocycles. The first kappa shape index (κ1) is 24.0. The summed E-state index contributed by atoms with van der Waals surface area (Å²) in [7, 11) is 0. The van der Waals surface area contributed by atoms with E-state index in [9.17, 15) is 18.7 Å². The molecule has 2 aromatic carbocycles. The quantitative estimate of drug-likeness (QED) is 0.552.